The molecule has 0 unspecified atom stereocenters. The van der Waals surface area contributed by atoms with Crippen molar-refractivity contribution in [3.63, 3.8) is 0 Å². The van der Waals surface area contributed by atoms with E-state index in [1.807, 2.05) is 37.2 Å². The average molecular weight is 298 g/mol. The molecule has 0 spiro atoms. The Morgan fingerprint density at radius 2 is 2.06 bits per heavy atom. The second kappa shape index (κ2) is 7.21. The first-order chi connectivity index (χ1) is 8.13. The zero-order valence-corrected chi connectivity index (χ0v) is 11.9. The molecular weight excluding hydrogens is 282 g/mol. The molecule has 0 radical (unpaired) electrons. The molecule has 92 valence electrons. The molecule has 4 heteroatoms. The Kier molecular flexibility index (Phi) is 5.88. The van der Waals surface area contributed by atoms with Gasteiger partial charge in [0, 0.05) is 0 Å². The third kappa shape index (κ3) is 5.12. The van der Waals surface area contributed by atoms with Crippen molar-refractivity contribution in [3.05, 3.63) is 22.7 Å². The molecule has 0 aliphatic rings. The van der Waals surface area contributed by atoms with Crippen LogP contribution < -0.4 is 9.47 Å². The average Bonchev–Trinajstić information content (AvgIpc) is 2.30. The molecule has 1 aromatic rings. The molecule has 17 heavy (non-hydrogen) atoms. The number of benzene rings is 1. The highest BCUT2D eigenvalue weighted by molar-refractivity contribution is 9.10. The summed E-state index contributed by atoms with van der Waals surface area (Å²) in [6.45, 7) is 1.13. The van der Waals surface area contributed by atoms with Crippen LogP contribution >= 0.6 is 15.9 Å². The maximum Gasteiger partial charge on any atom is 0.149 e. The van der Waals surface area contributed by atoms with Crippen LogP contribution in [0.2, 0.25) is 0 Å². The summed E-state index contributed by atoms with van der Waals surface area (Å²) >= 11 is 3.42. The van der Waals surface area contributed by atoms with Gasteiger partial charge < -0.3 is 9.47 Å². The summed E-state index contributed by atoms with van der Waals surface area (Å²) in [5.74, 6) is 7.53. The van der Waals surface area contributed by atoms with Crippen LogP contribution in [0.15, 0.2) is 22.7 Å². The second-order valence-corrected chi connectivity index (χ2v) is 4.53. The van der Waals surface area contributed by atoms with Gasteiger partial charge >= 0.3 is 0 Å². The van der Waals surface area contributed by atoms with E-state index in [9.17, 15) is 0 Å². The zero-order chi connectivity index (χ0) is 12.7. The highest BCUT2D eigenvalue weighted by Crippen LogP contribution is 2.28. The van der Waals surface area contributed by atoms with Gasteiger partial charge in [-0.05, 0) is 48.2 Å². The van der Waals surface area contributed by atoms with Gasteiger partial charge in [-0.1, -0.05) is 11.8 Å². The lowest BCUT2D eigenvalue weighted by atomic mass is 10.3. The first-order valence-electron chi connectivity index (χ1n) is 5.20. The minimum atomic E-state index is 0.388. The van der Waals surface area contributed by atoms with Crippen molar-refractivity contribution in [2.24, 2.45) is 0 Å². The summed E-state index contributed by atoms with van der Waals surface area (Å²) in [5, 5.41) is 0. The minimum absolute atomic E-state index is 0.388. The fourth-order valence-corrected chi connectivity index (χ4v) is 1.58. The fraction of sp³-hybridized carbons (Fsp3) is 0.385. The lowest BCUT2D eigenvalue weighted by molar-refractivity contribution is 0.365. The maximum atomic E-state index is 5.52. The predicted molar refractivity (Wildman–Crippen MR) is 72.5 cm³/mol. The van der Waals surface area contributed by atoms with Gasteiger partial charge in [0.1, 0.15) is 18.1 Å². The predicted octanol–water partition coefficient (Wildman–Crippen LogP) is 2.40. The lowest BCUT2D eigenvalue weighted by Crippen LogP contribution is -2.11. The Bertz CT molecular complexity index is 421. The van der Waals surface area contributed by atoms with E-state index in [0.29, 0.717) is 6.61 Å². The quantitative estimate of drug-likeness (QED) is 0.797. The van der Waals surface area contributed by atoms with Crippen molar-refractivity contribution >= 4 is 15.9 Å². The van der Waals surface area contributed by atoms with Crippen LogP contribution in [0, 0.1) is 11.8 Å². The Morgan fingerprint density at radius 3 is 2.65 bits per heavy atom. The number of halogens is 1. The third-order valence-electron chi connectivity index (χ3n) is 1.96. The molecule has 1 rings (SSSR count). The van der Waals surface area contributed by atoms with E-state index in [1.165, 1.54) is 0 Å². The van der Waals surface area contributed by atoms with Crippen molar-refractivity contribution in [2.45, 2.75) is 0 Å². The van der Waals surface area contributed by atoms with Crippen LogP contribution in [-0.2, 0) is 0 Å². The highest BCUT2D eigenvalue weighted by Gasteiger charge is 2.01. The van der Waals surface area contributed by atoms with Gasteiger partial charge in [-0.25, -0.2) is 0 Å². The van der Waals surface area contributed by atoms with E-state index in [0.717, 1.165) is 22.5 Å². The molecule has 0 saturated heterocycles. The van der Waals surface area contributed by atoms with Crippen molar-refractivity contribution in [1.29, 1.82) is 0 Å². The van der Waals surface area contributed by atoms with Crippen molar-refractivity contribution in [3.8, 4) is 23.3 Å². The molecule has 0 aromatic heterocycles. The van der Waals surface area contributed by atoms with Crippen LogP contribution in [0.5, 0.6) is 11.5 Å². The Labute approximate surface area is 111 Å². The van der Waals surface area contributed by atoms with Crippen LogP contribution in [0.1, 0.15) is 0 Å². The molecule has 0 amide bonds. The van der Waals surface area contributed by atoms with E-state index < -0.39 is 0 Å². The van der Waals surface area contributed by atoms with Crippen molar-refractivity contribution < 1.29 is 9.47 Å². The number of rotatable bonds is 4. The van der Waals surface area contributed by atoms with Crippen LogP contribution in [0.3, 0.4) is 0 Å². The Morgan fingerprint density at radius 1 is 1.29 bits per heavy atom. The van der Waals surface area contributed by atoms with E-state index >= 15 is 0 Å². The summed E-state index contributed by atoms with van der Waals surface area (Å²) in [6, 6.07) is 5.58. The number of methoxy groups -OCH3 is 1. The molecule has 0 saturated carbocycles. The monoisotopic (exact) mass is 297 g/mol. The van der Waals surface area contributed by atoms with E-state index in [2.05, 4.69) is 27.8 Å². The smallest absolute Gasteiger partial charge is 0.149 e. The molecule has 1 aromatic carbocycles. The van der Waals surface area contributed by atoms with Gasteiger partial charge in [0.05, 0.1) is 18.1 Å². The van der Waals surface area contributed by atoms with Gasteiger partial charge in [0.25, 0.3) is 0 Å². The highest BCUT2D eigenvalue weighted by atomic mass is 79.9. The molecule has 0 N–H and O–H groups in total. The Balaban J connectivity index is 2.48. The minimum Gasteiger partial charge on any atom is -0.497 e. The van der Waals surface area contributed by atoms with Crippen molar-refractivity contribution in [1.82, 2.24) is 4.90 Å². The van der Waals surface area contributed by atoms with Crippen LogP contribution in [0.4, 0.5) is 0 Å². The Hall–Kier alpha value is -1.18. The summed E-state index contributed by atoms with van der Waals surface area (Å²) in [7, 11) is 5.60. The number of hydrogen-bond donors (Lipinski definition) is 0. The number of ether oxygens (including phenoxy) is 2. The summed E-state index contributed by atoms with van der Waals surface area (Å²) in [5.41, 5.74) is 0. The molecular formula is C13H16BrNO2. The first kappa shape index (κ1) is 13.9. The number of nitrogens with zero attached hydrogens (tertiary/aromatic N) is 1. The molecule has 3 nitrogen and oxygen atoms in total. The van der Waals surface area contributed by atoms with Gasteiger partial charge in [0.2, 0.25) is 0 Å². The second-order valence-electron chi connectivity index (χ2n) is 3.68. The first-order valence-corrected chi connectivity index (χ1v) is 5.99. The topological polar surface area (TPSA) is 21.7 Å². The van der Waals surface area contributed by atoms with E-state index in [4.69, 9.17) is 9.47 Å². The maximum absolute atomic E-state index is 5.52. The summed E-state index contributed by atoms with van der Waals surface area (Å²) in [4.78, 5) is 2.01. The van der Waals surface area contributed by atoms with E-state index in [-0.39, 0.29) is 0 Å². The molecule has 0 atom stereocenters. The normalized spacial score (nSPS) is 9.71. The van der Waals surface area contributed by atoms with Crippen LogP contribution in [-0.4, -0.2) is 39.3 Å². The lowest BCUT2D eigenvalue weighted by Gasteiger charge is -2.06. The third-order valence-corrected chi connectivity index (χ3v) is 2.58. The largest absolute Gasteiger partial charge is 0.497 e. The van der Waals surface area contributed by atoms with E-state index in [1.54, 1.807) is 7.11 Å². The van der Waals surface area contributed by atoms with Crippen molar-refractivity contribution in [2.75, 3.05) is 34.4 Å². The molecule has 0 bridgehead atoms. The molecule has 0 aliphatic carbocycles. The van der Waals surface area contributed by atoms with Gasteiger partial charge in [-0.2, -0.15) is 0 Å². The van der Waals surface area contributed by atoms with Gasteiger partial charge in [-0.3, -0.25) is 4.90 Å². The molecule has 0 fully saturated rings. The van der Waals surface area contributed by atoms with Crippen LogP contribution in [0.25, 0.3) is 0 Å². The summed E-state index contributed by atoms with van der Waals surface area (Å²) < 4.78 is 11.5. The molecule has 0 aliphatic heterocycles. The SMILES string of the molecule is COc1ccc(OCC#CCN(C)C)c(Br)c1. The van der Waals surface area contributed by atoms with Gasteiger partial charge in [0.15, 0.2) is 0 Å². The zero-order valence-electron chi connectivity index (χ0n) is 10.3. The molecule has 0 heterocycles. The number of hydrogen-bond acceptors (Lipinski definition) is 3. The summed E-state index contributed by atoms with van der Waals surface area (Å²) in [6.07, 6.45) is 0. The van der Waals surface area contributed by atoms with Gasteiger partial charge in [-0.15, -0.1) is 0 Å². The fourth-order valence-electron chi connectivity index (χ4n) is 1.10. The standard InChI is InChI=1S/C13H16BrNO2/c1-15(2)8-4-5-9-17-13-7-6-11(16-3)10-12(13)14/h6-7,10H,8-9H2,1-3H3.